The molecule has 0 aliphatic carbocycles. The predicted octanol–water partition coefficient (Wildman–Crippen LogP) is 4.62. The summed E-state index contributed by atoms with van der Waals surface area (Å²) >= 11 is 5.91. The lowest BCUT2D eigenvalue weighted by molar-refractivity contribution is 0.626. The Morgan fingerprint density at radius 3 is 2.74 bits per heavy atom. The monoisotopic (exact) mass is 321 g/mol. The van der Waals surface area contributed by atoms with E-state index >= 15 is 0 Å². The Balaban J connectivity index is 1.90. The number of halogens is 2. The standard InChI is InChI=1S/C18H9ClFN3/c1-21-17-8-16(20)9-18(10-17)23-12-14(11-22-23)6-5-13-3-2-4-15(19)7-13/h2-4,7-12H. The molecule has 0 bridgehead atoms. The maximum absolute atomic E-state index is 13.5. The van der Waals surface area contributed by atoms with Gasteiger partial charge in [0.2, 0.25) is 0 Å². The summed E-state index contributed by atoms with van der Waals surface area (Å²) in [6.45, 7) is 6.98. The van der Waals surface area contributed by atoms with Gasteiger partial charge in [-0.15, -0.1) is 0 Å². The van der Waals surface area contributed by atoms with Crippen LogP contribution in [-0.4, -0.2) is 9.78 Å². The van der Waals surface area contributed by atoms with Crippen LogP contribution >= 0.6 is 11.6 Å². The Labute approximate surface area is 137 Å². The minimum Gasteiger partial charge on any atom is -0.241 e. The van der Waals surface area contributed by atoms with E-state index in [0.717, 1.165) is 5.56 Å². The van der Waals surface area contributed by atoms with Crippen molar-refractivity contribution in [1.29, 1.82) is 0 Å². The highest BCUT2D eigenvalue weighted by Crippen LogP contribution is 2.19. The van der Waals surface area contributed by atoms with Crippen LogP contribution in [0.1, 0.15) is 11.1 Å². The lowest BCUT2D eigenvalue weighted by Crippen LogP contribution is -1.94. The van der Waals surface area contributed by atoms with Gasteiger partial charge in [0.15, 0.2) is 5.69 Å². The molecule has 2 aromatic carbocycles. The van der Waals surface area contributed by atoms with Gasteiger partial charge in [-0.25, -0.2) is 13.9 Å². The van der Waals surface area contributed by atoms with Crippen molar-refractivity contribution in [3.63, 3.8) is 0 Å². The SMILES string of the molecule is [C-]#[N+]c1cc(F)cc(-n2cc(C#Cc3cccc(Cl)c3)cn2)c1. The van der Waals surface area contributed by atoms with Gasteiger partial charge in [0.05, 0.1) is 24.0 Å². The van der Waals surface area contributed by atoms with Crippen LogP contribution in [0.25, 0.3) is 10.5 Å². The third kappa shape index (κ3) is 3.58. The molecule has 5 heteroatoms. The first-order valence-electron chi connectivity index (χ1n) is 6.65. The summed E-state index contributed by atoms with van der Waals surface area (Å²) in [4.78, 5) is 3.24. The Morgan fingerprint density at radius 2 is 1.96 bits per heavy atom. The Morgan fingerprint density at radius 1 is 1.13 bits per heavy atom. The highest BCUT2D eigenvalue weighted by molar-refractivity contribution is 6.30. The van der Waals surface area contributed by atoms with Gasteiger partial charge in [-0.2, -0.15) is 5.10 Å². The van der Waals surface area contributed by atoms with Crippen molar-refractivity contribution >= 4 is 17.3 Å². The number of hydrogen-bond acceptors (Lipinski definition) is 1. The van der Waals surface area contributed by atoms with E-state index in [9.17, 15) is 4.39 Å². The molecular formula is C18H9ClFN3. The molecule has 3 rings (SSSR count). The molecule has 23 heavy (non-hydrogen) atoms. The van der Waals surface area contributed by atoms with Crippen molar-refractivity contribution in [2.24, 2.45) is 0 Å². The fourth-order valence-corrected chi connectivity index (χ4v) is 2.19. The maximum Gasteiger partial charge on any atom is 0.192 e. The molecular weight excluding hydrogens is 313 g/mol. The lowest BCUT2D eigenvalue weighted by atomic mass is 10.2. The lowest BCUT2D eigenvalue weighted by Gasteiger charge is -2.01. The minimum atomic E-state index is -0.476. The second kappa shape index (κ2) is 6.36. The van der Waals surface area contributed by atoms with Gasteiger partial charge in [0.1, 0.15) is 5.82 Å². The molecule has 0 unspecified atom stereocenters. The maximum atomic E-state index is 13.5. The highest BCUT2D eigenvalue weighted by Gasteiger charge is 2.04. The van der Waals surface area contributed by atoms with Crippen molar-refractivity contribution in [2.45, 2.75) is 0 Å². The second-order valence-electron chi connectivity index (χ2n) is 4.71. The molecule has 1 heterocycles. The summed E-state index contributed by atoms with van der Waals surface area (Å²) in [5.41, 5.74) is 2.18. The molecule has 0 N–H and O–H groups in total. The Kier molecular flexibility index (Phi) is 4.10. The summed E-state index contributed by atoms with van der Waals surface area (Å²) in [5, 5.41) is 4.78. The number of benzene rings is 2. The fraction of sp³-hybridized carbons (Fsp3) is 0. The minimum absolute atomic E-state index is 0.224. The van der Waals surface area contributed by atoms with E-state index in [2.05, 4.69) is 21.8 Å². The van der Waals surface area contributed by atoms with Crippen LogP contribution in [0.3, 0.4) is 0 Å². The van der Waals surface area contributed by atoms with E-state index in [1.54, 1.807) is 30.6 Å². The Bertz CT molecular complexity index is 974. The van der Waals surface area contributed by atoms with E-state index in [0.29, 0.717) is 16.3 Å². The van der Waals surface area contributed by atoms with Crippen LogP contribution in [0, 0.1) is 24.2 Å². The van der Waals surface area contributed by atoms with Gasteiger partial charge in [-0.05, 0) is 36.4 Å². The summed E-state index contributed by atoms with van der Waals surface area (Å²) in [5.74, 6) is 5.49. The Hall–Kier alpha value is -3.08. The summed E-state index contributed by atoms with van der Waals surface area (Å²) in [6, 6.07) is 11.3. The van der Waals surface area contributed by atoms with Crippen molar-refractivity contribution in [3.05, 3.63) is 88.2 Å². The van der Waals surface area contributed by atoms with E-state index in [-0.39, 0.29) is 5.69 Å². The van der Waals surface area contributed by atoms with Crippen LogP contribution < -0.4 is 0 Å². The topological polar surface area (TPSA) is 22.2 Å². The van der Waals surface area contributed by atoms with Crippen molar-refractivity contribution in [3.8, 4) is 17.5 Å². The molecule has 110 valence electrons. The summed E-state index contributed by atoms with van der Waals surface area (Å²) in [6.07, 6.45) is 3.26. The van der Waals surface area contributed by atoms with Crippen molar-refractivity contribution in [1.82, 2.24) is 9.78 Å². The zero-order chi connectivity index (χ0) is 16.2. The normalized spacial score (nSPS) is 9.78. The second-order valence-corrected chi connectivity index (χ2v) is 5.15. The molecule has 0 saturated carbocycles. The third-order valence-corrected chi connectivity index (χ3v) is 3.25. The molecule has 0 saturated heterocycles. The first-order valence-corrected chi connectivity index (χ1v) is 7.02. The molecule has 0 aliphatic rings. The average molecular weight is 322 g/mol. The van der Waals surface area contributed by atoms with Gasteiger partial charge >= 0.3 is 0 Å². The van der Waals surface area contributed by atoms with Gasteiger partial charge in [0, 0.05) is 16.8 Å². The fourth-order valence-electron chi connectivity index (χ4n) is 2.00. The summed E-state index contributed by atoms with van der Waals surface area (Å²) in [7, 11) is 0. The molecule has 0 spiro atoms. The number of aromatic nitrogens is 2. The first kappa shape index (κ1) is 14.8. The largest absolute Gasteiger partial charge is 0.241 e. The molecule has 3 aromatic rings. The molecule has 0 atom stereocenters. The number of nitrogens with zero attached hydrogens (tertiary/aromatic N) is 3. The molecule has 0 fully saturated rings. The first-order chi connectivity index (χ1) is 11.1. The third-order valence-electron chi connectivity index (χ3n) is 3.02. The van der Waals surface area contributed by atoms with E-state index < -0.39 is 5.82 Å². The molecule has 0 radical (unpaired) electrons. The van der Waals surface area contributed by atoms with Gasteiger partial charge < -0.3 is 0 Å². The van der Waals surface area contributed by atoms with E-state index in [1.807, 2.05) is 12.1 Å². The van der Waals surface area contributed by atoms with Crippen LogP contribution in [0.2, 0.25) is 5.02 Å². The quantitative estimate of drug-likeness (QED) is 0.474. The molecule has 0 aliphatic heterocycles. The summed E-state index contributed by atoms with van der Waals surface area (Å²) < 4.78 is 15.0. The molecule has 3 nitrogen and oxygen atoms in total. The van der Waals surface area contributed by atoms with E-state index in [1.165, 1.54) is 16.8 Å². The van der Waals surface area contributed by atoms with Crippen LogP contribution in [0.15, 0.2) is 54.9 Å². The number of rotatable bonds is 1. The molecule has 1 aromatic heterocycles. The van der Waals surface area contributed by atoms with Crippen LogP contribution in [0.5, 0.6) is 0 Å². The van der Waals surface area contributed by atoms with E-state index in [4.69, 9.17) is 18.2 Å². The number of hydrogen-bond donors (Lipinski definition) is 0. The van der Waals surface area contributed by atoms with Crippen molar-refractivity contribution < 1.29 is 4.39 Å². The zero-order valence-corrected chi connectivity index (χ0v) is 12.5. The van der Waals surface area contributed by atoms with Gasteiger partial charge in [-0.3, -0.25) is 0 Å². The van der Waals surface area contributed by atoms with Crippen LogP contribution in [0.4, 0.5) is 10.1 Å². The van der Waals surface area contributed by atoms with Gasteiger partial charge in [0.25, 0.3) is 0 Å². The highest BCUT2D eigenvalue weighted by atomic mass is 35.5. The predicted molar refractivity (Wildman–Crippen MR) is 87.2 cm³/mol. The van der Waals surface area contributed by atoms with Crippen molar-refractivity contribution in [2.75, 3.05) is 0 Å². The molecule has 0 amide bonds. The van der Waals surface area contributed by atoms with Gasteiger partial charge in [-0.1, -0.05) is 29.5 Å². The smallest absolute Gasteiger partial charge is 0.192 e. The zero-order valence-electron chi connectivity index (χ0n) is 11.8. The van der Waals surface area contributed by atoms with Crippen LogP contribution in [-0.2, 0) is 0 Å². The average Bonchev–Trinajstić information content (AvgIpc) is 3.01.